The van der Waals surface area contributed by atoms with Crippen LogP contribution >= 0.6 is 0 Å². The number of aliphatic carboxylic acids is 1. The second-order valence-corrected chi connectivity index (χ2v) is 9.72. The molecule has 2 aromatic rings. The summed E-state index contributed by atoms with van der Waals surface area (Å²) in [6.45, 7) is 4.05. The topological polar surface area (TPSA) is 191 Å². The van der Waals surface area contributed by atoms with Crippen LogP contribution in [-0.2, 0) is 32.0 Å². The molecule has 0 radical (unpaired) electrons. The minimum atomic E-state index is -1.20. The Bertz CT molecular complexity index is 1110. The molecule has 1 aliphatic heterocycles. The molecule has 0 bridgehead atoms. The van der Waals surface area contributed by atoms with Crippen molar-refractivity contribution in [1.82, 2.24) is 25.5 Å². The van der Waals surface area contributed by atoms with Crippen LogP contribution in [0.15, 0.2) is 36.8 Å². The molecule has 5 atom stereocenters. The van der Waals surface area contributed by atoms with Gasteiger partial charge in [0.15, 0.2) is 0 Å². The zero-order chi connectivity index (χ0) is 27.8. The number of hydrogen-bond acceptors (Lipinski definition) is 7. The highest BCUT2D eigenvalue weighted by molar-refractivity contribution is 5.94. The number of aromatic hydroxyl groups is 1. The number of carbonyl (C=O) groups excluding carboxylic acids is 3. The molecule has 1 aliphatic rings. The maximum absolute atomic E-state index is 13.6. The van der Waals surface area contributed by atoms with Gasteiger partial charge in [-0.3, -0.25) is 14.4 Å². The summed E-state index contributed by atoms with van der Waals surface area (Å²) >= 11 is 0. The molecule has 0 aliphatic carbocycles. The Labute approximate surface area is 221 Å². The van der Waals surface area contributed by atoms with E-state index in [4.69, 9.17) is 5.73 Å². The number of likely N-dealkylation sites (tertiary alicyclic amines) is 1. The molecular formula is C26H36N6O6. The van der Waals surface area contributed by atoms with Crippen LogP contribution in [0.3, 0.4) is 0 Å². The number of H-pyrrole nitrogens is 1. The summed E-state index contributed by atoms with van der Waals surface area (Å²) < 4.78 is 0. The molecule has 3 amide bonds. The SMILES string of the molecule is CCC(C)C(NC(=O)C(N)Cc1ccc(O)cc1)C(=O)N1CCCC1C(=O)NC(Cc1cnc[nH]1)C(=O)O. The number of nitrogens with zero attached hydrogens (tertiary/aromatic N) is 2. The van der Waals surface area contributed by atoms with Crippen molar-refractivity contribution in [1.29, 1.82) is 0 Å². The lowest BCUT2D eigenvalue weighted by atomic mass is 9.96. The van der Waals surface area contributed by atoms with E-state index in [-0.39, 0.29) is 24.5 Å². The van der Waals surface area contributed by atoms with Gasteiger partial charge in [0.25, 0.3) is 0 Å². The molecule has 12 heteroatoms. The normalized spacial score (nSPS) is 18.3. The summed E-state index contributed by atoms with van der Waals surface area (Å²) in [5.41, 5.74) is 7.43. The molecule has 38 heavy (non-hydrogen) atoms. The van der Waals surface area contributed by atoms with Gasteiger partial charge in [-0.25, -0.2) is 9.78 Å². The fourth-order valence-corrected chi connectivity index (χ4v) is 4.49. The largest absolute Gasteiger partial charge is 0.508 e. The third-order valence-corrected chi connectivity index (χ3v) is 6.94. The number of imidazole rings is 1. The van der Waals surface area contributed by atoms with E-state index >= 15 is 0 Å². The van der Waals surface area contributed by atoms with Crippen LogP contribution in [0.25, 0.3) is 0 Å². The first-order chi connectivity index (χ1) is 18.1. The van der Waals surface area contributed by atoms with E-state index in [0.717, 1.165) is 5.56 Å². The summed E-state index contributed by atoms with van der Waals surface area (Å²) in [4.78, 5) is 59.5. The summed E-state index contributed by atoms with van der Waals surface area (Å²) in [6.07, 6.45) is 4.70. The monoisotopic (exact) mass is 528 g/mol. The van der Waals surface area contributed by atoms with Gasteiger partial charge >= 0.3 is 5.97 Å². The van der Waals surface area contributed by atoms with Crippen LogP contribution in [0.5, 0.6) is 5.75 Å². The number of carboxylic acids is 1. The Balaban J connectivity index is 1.68. The van der Waals surface area contributed by atoms with E-state index in [0.29, 0.717) is 31.5 Å². The molecule has 1 fully saturated rings. The third kappa shape index (κ3) is 7.31. The van der Waals surface area contributed by atoms with Gasteiger partial charge in [0, 0.05) is 24.9 Å². The maximum atomic E-state index is 13.6. The van der Waals surface area contributed by atoms with Crippen LogP contribution in [0, 0.1) is 5.92 Å². The van der Waals surface area contributed by atoms with Crippen molar-refractivity contribution in [2.45, 2.75) is 70.1 Å². The maximum Gasteiger partial charge on any atom is 0.326 e. The number of nitrogens with two attached hydrogens (primary N) is 1. The number of phenolic OH excluding ortho intramolecular Hbond substituents is 1. The van der Waals surface area contributed by atoms with Crippen molar-refractivity contribution in [3.05, 3.63) is 48.0 Å². The second-order valence-electron chi connectivity index (χ2n) is 9.72. The molecule has 5 unspecified atom stereocenters. The molecule has 206 valence electrons. The molecule has 1 aromatic carbocycles. The lowest BCUT2D eigenvalue weighted by molar-refractivity contribution is -0.145. The fraction of sp³-hybridized carbons (Fsp3) is 0.500. The molecular weight excluding hydrogens is 492 g/mol. The Morgan fingerprint density at radius 2 is 1.89 bits per heavy atom. The summed E-state index contributed by atoms with van der Waals surface area (Å²) in [6, 6.07) is 2.50. The lowest BCUT2D eigenvalue weighted by Gasteiger charge is -2.32. The number of hydrogen-bond donors (Lipinski definition) is 6. The predicted octanol–water partition coefficient (Wildman–Crippen LogP) is 0.319. The molecule has 2 heterocycles. The minimum absolute atomic E-state index is 0.0201. The van der Waals surface area contributed by atoms with Crippen LogP contribution in [0.2, 0.25) is 0 Å². The number of aromatic amines is 1. The zero-order valence-electron chi connectivity index (χ0n) is 21.6. The molecule has 1 saturated heterocycles. The lowest BCUT2D eigenvalue weighted by Crippen LogP contribution is -2.58. The summed E-state index contributed by atoms with van der Waals surface area (Å²) in [5.74, 6) is -2.78. The number of phenols is 1. The molecule has 0 saturated carbocycles. The van der Waals surface area contributed by atoms with E-state index in [2.05, 4.69) is 20.6 Å². The molecule has 0 spiro atoms. The van der Waals surface area contributed by atoms with Crippen molar-refractivity contribution >= 4 is 23.7 Å². The van der Waals surface area contributed by atoms with Gasteiger partial charge in [-0.05, 0) is 42.9 Å². The number of benzene rings is 1. The van der Waals surface area contributed by atoms with E-state index in [9.17, 15) is 29.4 Å². The fourth-order valence-electron chi connectivity index (χ4n) is 4.49. The first kappa shape index (κ1) is 28.6. The smallest absolute Gasteiger partial charge is 0.326 e. The number of carboxylic acid groups (broad SMARTS) is 1. The van der Waals surface area contributed by atoms with Gasteiger partial charge in [-0.15, -0.1) is 0 Å². The quantitative estimate of drug-likeness (QED) is 0.227. The van der Waals surface area contributed by atoms with Crippen molar-refractivity contribution in [3.63, 3.8) is 0 Å². The van der Waals surface area contributed by atoms with Gasteiger partial charge in [0.2, 0.25) is 17.7 Å². The van der Waals surface area contributed by atoms with E-state index in [1.165, 1.54) is 29.6 Å². The molecule has 7 N–H and O–H groups in total. The highest BCUT2D eigenvalue weighted by atomic mass is 16.4. The third-order valence-electron chi connectivity index (χ3n) is 6.94. The minimum Gasteiger partial charge on any atom is -0.508 e. The van der Waals surface area contributed by atoms with Gasteiger partial charge in [0.1, 0.15) is 23.9 Å². The first-order valence-corrected chi connectivity index (χ1v) is 12.8. The van der Waals surface area contributed by atoms with E-state index in [1.807, 2.05) is 13.8 Å². The average Bonchev–Trinajstić information content (AvgIpc) is 3.59. The van der Waals surface area contributed by atoms with E-state index < -0.39 is 47.9 Å². The van der Waals surface area contributed by atoms with Gasteiger partial charge in [-0.2, -0.15) is 0 Å². The van der Waals surface area contributed by atoms with Gasteiger partial charge < -0.3 is 36.5 Å². The molecule has 3 rings (SSSR count). The molecule has 1 aromatic heterocycles. The van der Waals surface area contributed by atoms with Gasteiger partial charge in [0.05, 0.1) is 12.4 Å². The number of carbonyl (C=O) groups is 4. The van der Waals surface area contributed by atoms with Crippen molar-refractivity contribution in [2.24, 2.45) is 11.7 Å². The van der Waals surface area contributed by atoms with Crippen molar-refractivity contribution < 1.29 is 29.4 Å². The Hall–Kier alpha value is -3.93. The number of nitrogens with one attached hydrogen (secondary N) is 3. The summed E-state index contributed by atoms with van der Waals surface area (Å²) in [7, 11) is 0. The Morgan fingerprint density at radius 3 is 2.50 bits per heavy atom. The average molecular weight is 529 g/mol. The highest BCUT2D eigenvalue weighted by Crippen LogP contribution is 2.22. The number of amides is 3. The van der Waals surface area contributed by atoms with Crippen LogP contribution < -0.4 is 16.4 Å². The zero-order valence-corrected chi connectivity index (χ0v) is 21.6. The van der Waals surface area contributed by atoms with Crippen LogP contribution in [-0.4, -0.2) is 79.5 Å². The molecule has 12 nitrogen and oxygen atoms in total. The standard InChI is InChI=1S/C26H36N6O6/c1-3-15(2)22(31-23(34)19(27)11-16-6-8-18(33)9-7-16)25(36)32-10-4-5-21(32)24(35)30-20(26(37)38)12-17-13-28-14-29-17/h6-9,13-15,19-22,33H,3-5,10-12,27H2,1-2H3,(H,28,29)(H,30,35)(H,31,34)(H,37,38). The van der Waals surface area contributed by atoms with E-state index in [1.54, 1.807) is 12.1 Å². The Morgan fingerprint density at radius 1 is 1.18 bits per heavy atom. The summed E-state index contributed by atoms with van der Waals surface area (Å²) in [5, 5.41) is 24.4. The number of rotatable bonds is 12. The second kappa shape index (κ2) is 13.0. The Kier molecular flexibility index (Phi) is 9.83. The predicted molar refractivity (Wildman–Crippen MR) is 138 cm³/mol. The van der Waals surface area contributed by atoms with Crippen LogP contribution in [0.4, 0.5) is 0 Å². The van der Waals surface area contributed by atoms with Crippen LogP contribution in [0.1, 0.15) is 44.4 Å². The van der Waals surface area contributed by atoms with Crippen molar-refractivity contribution in [2.75, 3.05) is 6.54 Å². The number of aromatic nitrogens is 2. The first-order valence-electron chi connectivity index (χ1n) is 12.8. The highest BCUT2D eigenvalue weighted by Gasteiger charge is 2.40. The van der Waals surface area contributed by atoms with Gasteiger partial charge in [-0.1, -0.05) is 32.4 Å². The van der Waals surface area contributed by atoms with Crippen molar-refractivity contribution in [3.8, 4) is 5.75 Å².